The Hall–Kier alpha value is -1.95. The van der Waals surface area contributed by atoms with Gasteiger partial charge in [0.05, 0.1) is 5.60 Å². The standard InChI is InChI=1S/C16H21FN2O3/c1-11-5-6-12(9-13(11)17)19-15(21)14(20)18-10-16(22)7-3-2-4-8-16/h5-6,9,22H,2-4,7-8,10H2,1H3,(H,18,20)(H,19,21). The number of aryl methyl sites for hydroxylation is 1. The van der Waals surface area contributed by atoms with E-state index >= 15 is 0 Å². The van der Waals surface area contributed by atoms with E-state index in [4.69, 9.17) is 0 Å². The average molecular weight is 308 g/mol. The van der Waals surface area contributed by atoms with Crippen molar-refractivity contribution < 1.29 is 19.1 Å². The highest BCUT2D eigenvalue weighted by Crippen LogP contribution is 2.27. The summed E-state index contributed by atoms with van der Waals surface area (Å²) in [6.07, 6.45) is 4.16. The molecule has 2 rings (SSSR count). The number of benzene rings is 1. The minimum Gasteiger partial charge on any atom is -0.388 e. The van der Waals surface area contributed by atoms with Crippen molar-refractivity contribution in [1.82, 2.24) is 5.32 Å². The zero-order chi connectivity index (χ0) is 16.2. The number of hydrogen-bond acceptors (Lipinski definition) is 3. The highest BCUT2D eigenvalue weighted by molar-refractivity contribution is 6.39. The maximum absolute atomic E-state index is 13.4. The topological polar surface area (TPSA) is 78.4 Å². The Kier molecular flexibility index (Phi) is 5.13. The molecule has 0 aliphatic heterocycles. The average Bonchev–Trinajstić information content (AvgIpc) is 2.49. The summed E-state index contributed by atoms with van der Waals surface area (Å²) >= 11 is 0. The molecule has 1 aliphatic carbocycles. The van der Waals surface area contributed by atoms with Crippen LogP contribution in [0.15, 0.2) is 18.2 Å². The van der Waals surface area contributed by atoms with Crippen molar-refractivity contribution in [3.05, 3.63) is 29.6 Å². The summed E-state index contributed by atoms with van der Waals surface area (Å²) in [5, 5.41) is 15.0. The molecule has 2 amide bonds. The number of anilines is 1. The van der Waals surface area contributed by atoms with Crippen molar-refractivity contribution in [3.8, 4) is 0 Å². The monoisotopic (exact) mass is 308 g/mol. The van der Waals surface area contributed by atoms with Crippen LogP contribution in [0, 0.1) is 12.7 Å². The van der Waals surface area contributed by atoms with Gasteiger partial charge in [0.15, 0.2) is 0 Å². The van der Waals surface area contributed by atoms with Crippen molar-refractivity contribution >= 4 is 17.5 Å². The second-order valence-electron chi connectivity index (χ2n) is 5.89. The first kappa shape index (κ1) is 16.4. The van der Waals surface area contributed by atoms with Crippen LogP contribution in [-0.2, 0) is 9.59 Å². The van der Waals surface area contributed by atoms with Gasteiger partial charge in [-0.2, -0.15) is 0 Å². The molecule has 1 aliphatic rings. The minimum absolute atomic E-state index is 0.0571. The Bertz CT molecular complexity index is 569. The van der Waals surface area contributed by atoms with Crippen molar-refractivity contribution in [3.63, 3.8) is 0 Å². The van der Waals surface area contributed by atoms with Crippen molar-refractivity contribution in [1.29, 1.82) is 0 Å². The van der Waals surface area contributed by atoms with Gasteiger partial charge in [0.1, 0.15) is 5.82 Å². The smallest absolute Gasteiger partial charge is 0.313 e. The third-order valence-electron chi connectivity index (χ3n) is 4.00. The number of carbonyl (C=O) groups is 2. The summed E-state index contributed by atoms with van der Waals surface area (Å²) in [6, 6.07) is 4.21. The summed E-state index contributed by atoms with van der Waals surface area (Å²) < 4.78 is 13.4. The molecule has 0 saturated heterocycles. The predicted octanol–water partition coefficient (Wildman–Crippen LogP) is 1.88. The second kappa shape index (κ2) is 6.87. The molecule has 0 radical (unpaired) electrons. The van der Waals surface area contributed by atoms with Crippen LogP contribution < -0.4 is 10.6 Å². The van der Waals surface area contributed by atoms with Gasteiger partial charge in [-0.25, -0.2) is 4.39 Å². The van der Waals surface area contributed by atoms with Gasteiger partial charge in [0.25, 0.3) is 0 Å². The molecule has 5 nitrogen and oxygen atoms in total. The molecule has 0 unspecified atom stereocenters. The Labute approximate surface area is 128 Å². The first-order valence-electron chi connectivity index (χ1n) is 7.47. The molecule has 0 spiro atoms. The van der Waals surface area contributed by atoms with Crippen molar-refractivity contribution in [2.75, 3.05) is 11.9 Å². The lowest BCUT2D eigenvalue weighted by atomic mass is 9.85. The highest BCUT2D eigenvalue weighted by Gasteiger charge is 2.30. The lowest BCUT2D eigenvalue weighted by Crippen LogP contribution is -2.47. The Morgan fingerprint density at radius 2 is 1.91 bits per heavy atom. The van der Waals surface area contributed by atoms with Crippen LogP contribution in [0.25, 0.3) is 0 Å². The number of carbonyl (C=O) groups excluding carboxylic acids is 2. The summed E-state index contributed by atoms with van der Waals surface area (Å²) in [7, 11) is 0. The molecular formula is C16H21FN2O3. The number of hydrogen-bond donors (Lipinski definition) is 3. The quantitative estimate of drug-likeness (QED) is 0.746. The SMILES string of the molecule is Cc1ccc(NC(=O)C(=O)NCC2(O)CCCCC2)cc1F. The number of amides is 2. The fraction of sp³-hybridized carbons (Fsp3) is 0.500. The molecule has 0 aromatic heterocycles. The maximum atomic E-state index is 13.4. The third kappa shape index (κ3) is 4.27. The molecule has 0 heterocycles. The van der Waals surface area contributed by atoms with E-state index in [0.717, 1.165) is 25.3 Å². The molecular weight excluding hydrogens is 287 g/mol. The van der Waals surface area contributed by atoms with Gasteiger partial charge in [-0.15, -0.1) is 0 Å². The largest absolute Gasteiger partial charge is 0.388 e. The maximum Gasteiger partial charge on any atom is 0.313 e. The molecule has 1 aromatic carbocycles. The fourth-order valence-corrected chi connectivity index (χ4v) is 2.57. The molecule has 120 valence electrons. The van der Waals surface area contributed by atoms with Crippen LogP contribution in [0.1, 0.15) is 37.7 Å². The molecule has 22 heavy (non-hydrogen) atoms. The zero-order valence-electron chi connectivity index (χ0n) is 12.6. The van der Waals surface area contributed by atoms with Crippen LogP contribution in [0.3, 0.4) is 0 Å². The zero-order valence-corrected chi connectivity index (χ0v) is 12.6. The van der Waals surface area contributed by atoms with Crippen LogP contribution in [0.4, 0.5) is 10.1 Å². The minimum atomic E-state index is -0.926. The molecule has 0 bridgehead atoms. The Balaban J connectivity index is 1.86. The first-order chi connectivity index (χ1) is 10.4. The van der Waals surface area contributed by atoms with Crippen LogP contribution in [-0.4, -0.2) is 29.1 Å². The molecule has 6 heteroatoms. The van der Waals surface area contributed by atoms with E-state index in [-0.39, 0.29) is 12.2 Å². The van der Waals surface area contributed by atoms with Gasteiger partial charge in [0.2, 0.25) is 0 Å². The lowest BCUT2D eigenvalue weighted by Gasteiger charge is -2.31. The van der Waals surface area contributed by atoms with E-state index in [2.05, 4.69) is 10.6 Å². The van der Waals surface area contributed by atoms with Gasteiger partial charge in [-0.05, 0) is 37.5 Å². The normalized spacial score (nSPS) is 16.9. The molecule has 3 N–H and O–H groups in total. The van der Waals surface area contributed by atoms with E-state index in [1.54, 1.807) is 6.92 Å². The number of halogens is 1. The van der Waals surface area contributed by atoms with Crippen molar-refractivity contribution in [2.45, 2.75) is 44.6 Å². The fourth-order valence-electron chi connectivity index (χ4n) is 2.57. The first-order valence-corrected chi connectivity index (χ1v) is 7.47. The summed E-state index contributed by atoms with van der Waals surface area (Å²) in [6.45, 7) is 1.67. The van der Waals surface area contributed by atoms with E-state index in [9.17, 15) is 19.1 Å². The van der Waals surface area contributed by atoms with Crippen LogP contribution >= 0.6 is 0 Å². The second-order valence-corrected chi connectivity index (χ2v) is 5.89. The van der Waals surface area contributed by atoms with E-state index < -0.39 is 23.2 Å². The predicted molar refractivity (Wildman–Crippen MR) is 80.8 cm³/mol. The number of rotatable bonds is 3. The molecule has 0 atom stereocenters. The summed E-state index contributed by atoms with van der Waals surface area (Å²) in [4.78, 5) is 23.5. The third-order valence-corrected chi connectivity index (χ3v) is 4.00. The summed E-state index contributed by atoms with van der Waals surface area (Å²) in [5.74, 6) is -2.16. The van der Waals surface area contributed by atoms with Gasteiger partial charge >= 0.3 is 11.8 Å². The highest BCUT2D eigenvalue weighted by atomic mass is 19.1. The van der Waals surface area contributed by atoms with Crippen LogP contribution in [0.2, 0.25) is 0 Å². The van der Waals surface area contributed by atoms with E-state index in [0.29, 0.717) is 18.4 Å². The number of aliphatic hydroxyl groups is 1. The summed E-state index contributed by atoms with van der Waals surface area (Å²) in [5.41, 5.74) is -0.244. The molecule has 1 saturated carbocycles. The molecule has 1 fully saturated rings. The van der Waals surface area contributed by atoms with Gasteiger partial charge in [-0.1, -0.05) is 25.3 Å². The van der Waals surface area contributed by atoms with Gasteiger partial charge in [0, 0.05) is 12.2 Å². The Morgan fingerprint density at radius 1 is 1.23 bits per heavy atom. The van der Waals surface area contributed by atoms with Gasteiger partial charge in [-0.3, -0.25) is 9.59 Å². The van der Waals surface area contributed by atoms with E-state index in [1.165, 1.54) is 12.1 Å². The van der Waals surface area contributed by atoms with Crippen LogP contribution in [0.5, 0.6) is 0 Å². The van der Waals surface area contributed by atoms with Gasteiger partial charge < -0.3 is 15.7 Å². The van der Waals surface area contributed by atoms with E-state index in [1.807, 2.05) is 0 Å². The molecule has 1 aromatic rings. The number of nitrogens with one attached hydrogen (secondary N) is 2. The Morgan fingerprint density at radius 3 is 2.55 bits per heavy atom. The van der Waals surface area contributed by atoms with Crippen molar-refractivity contribution in [2.24, 2.45) is 0 Å². The lowest BCUT2D eigenvalue weighted by molar-refractivity contribution is -0.137.